The van der Waals surface area contributed by atoms with Crippen LogP contribution in [0.4, 0.5) is 5.95 Å². The van der Waals surface area contributed by atoms with E-state index in [0.29, 0.717) is 24.6 Å². The van der Waals surface area contributed by atoms with E-state index in [0.717, 1.165) is 35.4 Å². The Balaban J connectivity index is 1.56. The fourth-order valence-electron chi connectivity index (χ4n) is 4.12. The molecule has 0 saturated carbocycles. The van der Waals surface area contributed by atoms with E-state index in [1.54, 1.807) is 23.3 Å². The Hall–Kier alpha value is -3.29. The van der Waals surface area contributed by atoms with Crippen molar-refractivity contribution in [2.75, 3.05) is 18.4 Å². The van der Waals surface area contributed by atoms with E-state index >= 15 is 0 Å². The zero-order valence-electron chi connectivity index (χ0n) is 18.5. The van der Waals surface area contributed by atoms with Crippen LogP contribution in [-0.4, -0.2) is 54.7 Å². The quantitative estimate of drug-likeness (QED) is 0.682. The third-order valence-electron chi connectivity index (χ3n) is 5.64. The first-order valence-corrected chi connectivity index (χ1v) is 10.8. The van der Waals surface area contributed by atoms with Crippen LogP contribution in [0, 0.1) is 6.92 Å². The van der Waals surface area contributed by atoms with Crippen LogP contribution < -0.4 is 5.32 Å². The monoisotopic (exact) mass is 419 g/mol. The lowest BCUT2D eigenvalue weighted by atomic mass is 9.89. The van der Waals surface area contributed by atoms with Gasteiger partial charge in [0, 0.05) is 62.4 Å². The maximum atomic E-state index is 13.0. The second-order valence-corrected chi connectivity index (χ2v) is 8.40. The van der Waals surface area contributed by atoms with Crippen LogP contribution in [0.1, 0.15) is 54.4 Å². The van der Waals surface area contributed by atoms with Crippen LogP contribution >= 0.6 is 0 Å². The van der Waals surface area contributed by atoms with Gasteiger partial charge in [0.2, 0.25) is 5.95 Å². The number of carbonyl (C=O) groups excluding carboxylic acids is 1. The molecule has 1 saturated heterocycles. The van der Waals surface area contributed by atoms with Crippen molar-refractivity contribution >= 4 is 11.9 Å². The first-order valence-electron chi connectivity index (χ1n) is 10.8. The first kappa shape index (κ1) is 21.0. The minimum atomic E-state index is 0.0586. The Morgan fingerprint density at radius 2 is 1.90 bits per heavy atom. The first-order chi connectivity index (χ1) is 14.9. The van der Waals surface area contributed by atoms with Gasteiger partial charge in [-0.2, -0.15) is 5.10 Å². The highest BCUT2D eigenvalue weighted by molar-refractivity contribution is 5.95. The van der Waals surface area contributed by atoms with Gasteiger partial charge in [0.15, 0.2) is 0 Å². The Morgan fingerprint density at radius 3 is 2.52 bits per heavy atom. The summed E-state index contributed by atoms with van der Waals surface area (Å²) in [7, 11) is 1.84. The molecule has 0 aromatic carbocycles. The van der Waals surface area contributed by atoms with Gasteiger partial charge in [0.25, 0.3) is 5.91 Å². The molecule has 1 amide bonds. The molecule has 0 atom stereocenters. The van der Waals surface area contributed by atoms with Gasteiger partial charge in [-0.15, -0.1) is 0 Å². The molecule has 1 fully saturated rings. The van der Waals surface area contributed by atoms with Crippen molar-refractivity contribution < 1.29 is 4.79 Å². The van der Waals surface area contributed by atoms with Crippen molar-refractivity contribution in [3.05, 3.63) is 53.9 Å². The molecule has 0 radical (unpaired) electrons. The van der Waals surface area contributed by atoms with Crippen molar-refractivity contribution in [3.8, 4) is 11.1 Å². The van der Waals surface area contributed by atoms with E-state index in [1.165, 1.54) is 0 Å². The number of hydrogen-bond acceptors (Lipinski definition) is 6. The smallest absolute Gasteiger partial charge is 0.257 e. The molecule has 4 rings (SSSR count). The number of likely N-dealkylation sites (tertiary alicyclic amines) is 1. The van der Waals surface area contributed by atoms with Gasteiger partial charge >= 0.3 is 0 Å². The molecule has 0 unspecified atom stereocenters. The third kappa shape index (κ3) is 4.57. The molecule has 1 aliphatic heterocycles. The minimum absolute atomic E-state index is 0.0586. The molecule has 8 heteroatoms. The number of pyridine rings is 1. The van der Waals surface area contributed by atoms with Crippen molar-refractivity contribution in [2.45, 2.75) is 45.6 Å². The molecule has 0 spiro atoms. The Labute approximate surface area is 182 Å². The lowest BCUT2D eigenvalue weighted by molar-refractivity contribution is 0.0711. The molecule has 4 heterocycles. The van der Waals surface area contributed by atoms with Crippen molar-refractivity contribution in [3.63, 3.8) is 0 Å². The maximum absolute atomic E-state index is 13.0. The Morgan fingerprint density at radius 1 is 1.19 bits per heavy atom. The Bertz CT molecular complexity index is 1050. The number of hydrogen-bond donors (Lipinski definition) is 1. The second-order valence-electron chi connectivity index (χ2n) is 8.40. The molecule has 0 bridgehead atoms. The summed E-state index contributed by atoms with van der Waals surface area (Å²) in [6, 6.07) is 4.23. The third-order valence-corrected chi connectivity index (χ3v) is 5.64. The Kier molecular flexibility index (Phi) is 5.97. The SMILES string of the molecule is Cc1nn(C)cc1C(=O)N1CCC(c2nc(NC(C)C)ncc2-c2ccncc2)CC1. The summed E-state index contributed by atoms with van der Waals surface area (Å²) in [6.45, 7) is 7.43. The van der Waals surface area contributed by atoms with Crippen LogP contribution in [0.2, 0.25) is 0 Å². The fraction of sp³-hybridized carbons (Fsp3) is 0.435. The largest absolute Gasteiger partial charge is 0.352 e. The number of rotatable bonds is 5. The molecule has 3 aromatic rings. The van der Waals surface area contributed by atoms with Crippen molar-refractivity contribution in [1.29, 1.82) is 0 Å². The fourth-order valence-corrected chi connectivity index (χ4v) is 4.12. The maximum Gasteiger partial charge on any atom is 0.257 e. The van der Waals surface area contributed by atoms with Gasteiger partial charge in [-0.3, -0.25) is 14.5 Å². The summed E-state index contributed by atoms with van der Waals surface area (Å²) in [6.07, 6.45) is 9.01. The summed E-state index contributed by atoms with van der Waals surface area (Å²) in [4.78, 5) is 28.5. The molecule has 3 aromatic heterocycles. The normalized spacial score (nSPS) is 14.8. The van der Waals surface area contributed by atoms with E-state index in [4.69, 9.17) is 4.98 Å². The molecular weight excluding hydrogens is 390 g/mol. The highest BCUT2D eigenvalue weighted by Gasteiger charge is 2.29. The topological polar surface area (TPSA) is 88.8 Å². The summed E-state index contributed by atoms with van der Waals surface area (Å²) in [5.74, 6) is 0.966. The number of nitrogens with zero attached hydrogens (tertiary/aromatic N) is 6. The van der Waals surface area contributed by atoms with Crippen LogP contribution in [0.5, 0.6) is 0 Å². The lowest BCUT2D eigenvalue weighted by Gasteiger charge is -2.32. The number of aromatic nitrogens is 5. The number of aryl methyl sites for hydroxylation is 2. The molecule has 0 aliphatic carbocycles. The molecule has 1 N–H and O–H groups in total. The molecular formula is C23H29N7O. The second kappa shape index (κ2) is 8.83. The van der Waals surface area contributed by atoms with Crippen LogP contribution in [-0.2, 0) is 7.05 Å². The zero-order valence-corrected chi connectivity index (χ0v) is 18.5. The summed E-state index contributed by atoms with van der Waals surface area (Å²) in [5, 5.41) is 7.62. The molecule has 162 valence electrons. The van der Waals surface area contributed by atoms with Crippen molar-refractivity contribution in [1.82, 2.24) is 29.6 Å². The van der Waals surface area contributed by atoms with Crippen molar-refractivity contribution in [2.24, 2.45) is 7.05 Å². The van der Waals surface area contributed by atoms with Gasteiger partial charge in [-0.05, 0) is 51.3 Å². The standard InChI is InChI=1S/C23H29N7O/c1-15(2)26-23-25-13-19(17-5-9-24-10-6-17)21(27-23)18-7-11-30(12-8-18)22(31)20-14-29(4)28-16(20)3/h5-6,9-10,13-15,18H,7-8,11-12H2,1-4H3,(H,25,26,27). The van der Waals surface area contributed by atoms with E-state index in [9.17, 15) is 4.79 Å². The van der Waals surface area contributed by atoms with Crippen LogP contribution in [0.15, 0.2) is 36.9 Å². The number of anilines is 1. The predicted molar refractivity (Wildman–Crippen MR) is 120 cm³/mol. The van der Waals surface area contributed by atoms with E-state index in [1.807, 2.05) is 37.2 Å². The number of piperidine rings is 1. The zero-order chi connectivity index (χ0) is 22.0. The minimum Gasteiger partial charge on any atom is -0.352 e. The number of amides is 1. The van der Waals surface area contributed by atoms with Gasteiger partial charge in [0.1, 0.15) is 0 Å². The van der Waals surface area contributed by atoms with Gasteiger partial charge in [-0.1, -0.05) is 0 Å². The average Bonchev–Trinajstić information content (AvgIpc) is 3.11. The lowest BCUT2D eigenvalue weighted by Crippen LogP contribution is -2.38. The summed E-state index contributed by atoms with van der Waals surface area (Å²) in [5.41, 5.74) is 4.59. The van der Waals surface area contributed by atoms with Gasteiger partial charge in [0.05, 0.1) is 17.0 Å². The highest BCUT2D eigenvalue weighted by atomic mass is 16.2. The molecule has 8 nitrogen and oxygen atoms in total. The summed E-state index contributed by atoms with van der Waals surface area (Å²) < 4.78 is 1.69. The van der Waals surface area contributed by atoms with E-state index < -0.39 is 0 Å². The van der Waals surface area contributed by atoms with Crippen LogP contribution in [0.25, 0.3) is 11.1 Å². The molecule has 1 aliphatic rings. The van der Waals surface area contributed by atoms with E-state index in [-0.39, 0.29) is 17.9 Å². The predicted octanol–water partition coefficient (Wildman–Crippen LogP) is 3.42. The van der Waals surface area contributed by atoms with Crippen LogP contribution in [0.3, 0.4) is 0 Å². The number of nitrogens with one attached hydrogen (secondary N) is 1. The number of carbonyl (C=O) groups is 1. The van der Waals surface area contributed by atoms with Gasteiger partial charge < -0.3 is 10.2 Å². The molecule has 31 heavy (non-hydrogen) atoms. The summed E-state index contributed by atoms with van der Waals surface area (Å²) >= 11 is 0. The average molecular weight is 420 g/mol. The highest BCUT2D eigenvalue weighted by Crippen LogP contribution is 2.34. The van der Waals surface area contributed by atoms with E-state index in [2.05, 4.69) is 34.2 Å². The van der Waals surface area contributed by atoms with Gasteiger partial charge in [-0.25, -0.2) is 9.97 Å².